The number of hydrogen-bond acceptors (Lipinski definition) is 1. The van der Waals surface area contributed by atoms with Crippen molar-refractivity contribution in [3.63, 3.8) is 0 Å². The van der Waals surface area contributed by atoms with Crippen molar-refractivity contribution in [2.24, 2.45) is 5.92 Å². The Labute approximate surface area is 101 Å². The van der Waals surface area contributed by atoms with Gasteiger partial charge in [-0.15, -0.1) is 0 Å². The van der Waals surface area contributed by atoms with E-state index in [1.165, 1.54) is 5.56 Å². The quantitative estimate of drug-likeness (QED) is 0.839. The van der Waals surface area contributed by atoms with E-state index >= 15 is 0 Å². The molecule has 1 aliphatic heterocycles. The Morgan fingerprint density at radius 1 is 1.44 bits per heavy atom. The molecule has 1 aromatic rings. The number of hydrogen-bond donors (Lipinski definition) is 1. The van der Waals surface area contributed by atoms with Gasteiger partial charge in [0.15, 0.2) is 0 Å². The van der Waals surface area contributed by atoms with Gasteiger partial charge >= 0.3 is 0 Å². The molecule has 0 amide bonds. The molecule has 16 heavy (non-hydrogen) atoms. The van der Waals surface area contributed by atoms with Gasteiger partial charge < -0.3 is 5.32 Å². The summed E-state index contributed by atoms with van der Waals surface area (Å²) < 4.78 is 14.2. The zero-order chi connectivity index (χ0) is 11.6. The van der Waals surface area contributed by atoms with Gasteiger partial charge in [0.05, 0.1) is 0 Å². The van der Waals surface area contributed by atoms with Crippen LogP contribution in [0.5, 0.6) is 0 Å². The Balaban J connectivity index is 2.05. The van der Waals surface area contributed by atoms with Gasteiger partial charge in [0, 0.05) is 11.6 Å². The van der Waals surface area contributed by atoms with Crippen molar-refractivity contribution in [1.82, 2.24) is 5.32 Å². The molecule has 0 spiro atoms. The van der Waals surface area contributed by atoms with E-state index in [0.717, 1.165) is 24.4 Å². The molecule has 2 rings (SSSR count). The maximum atomic E-state index is 14.2. The lowest BCUT2D eigenvalue weighted by atomic mass is 9.81. The van der Waals surface area contributed by atoms with E-state index in [1.54, 1.807) is 6.92 Å². The first-order valence-electron chi connectivity index (χ1n) is 5.72. The summed E-state index contributed by atoms with van der Waals surface area (Å²) in [5.74, 6) is 0.106. The highest BCUT2D eigenvalue weighted by Crippen LogP contribution is 2.30. The molecule has 1 aliphatic rings. The predicted molar refractivity (Wildman–Crippen MR) is 65.6 cm³/mol. The van der Waals surface area contributed by atoms with Crippen LogP contribution in [-0.2, 0) is 6.42 Å². The van der Waals surface area contributed by atoms with Crippen LogP contribution in [0, 0.1) is 5.92 Å². The molecule has 3 heteroatoms. The van der Waals surface area contributed by atoms with Gasteiger partial charge in [-0.2, -0.15) is 0 Å². The monoisotopic (exact) mass is 241 g/mol. The van der Waals surface area contributed by atoms with Crippen molar-refractivity contribution in [2.75, 3.05) is 13.1 Å². The fraction of sp³-hybridized carbons (Fsp3) is 0.538. The standard InChI is InChI=1S/C13H17ClFN/c1-13(15)9-16-7-6-11(13)8-10-2-4-12(14)5-3-10/h2-5,11,16H,6-9H2,1H3. The van der Waals surface area contributed by atoms with E-state index in [9.17, 15) is 4.39 Å². The van der Waals surface area contributed by atoms with Crippen molar-refractivity contribution in [3.05, 3.63) is 34.9 Å². The Morgan fingerprint density at radius 2 is 2.12 bits per heavy atom. The number of halogens is 2. The molecular formula is C13H17ClFN. The van der Waals surface area contributed by atoms with Gasteiger partial charge in [-0.25, -0.2) is 4.39 Å². The minimum atomic E-state index is -1.10. The van der Waals surface area contributed by atoms with Gasteiger partial charge in [0.2, 0.25) is 0 Å². The largest absolute Gasteiger partial charge is 0.314 e. The third kappa shape index (κ3) is 2.74. The van der Waals surface area contributed by atoms with Crippen LogP contribution in [0.4, 0.5) is 4.39 Å². The Hall–Kier alpha value is -0.600. The lowest BCUT2D eigenvalue weighted by Crippen LogP contribution is -2.47. The van der Waals surface area contributed by atoms with Crippen LogP contribution >= 0.6 is 11.6 Å². The summed E-state index contributed by atoms with van der Waals surface area (Å²) in [5.41, 5.74) is 0.0675. The summed E-state index contributed by atoms with van der Waals surface area (Å²) in [7, 11) is 0. The number of rotatable bonds is 2. The van der Waals surface area contributed by atoms with Gasteiger partial charge in [0.1, 0.15) is 5.67 Å². The number of alkyl halides is 1. The molecule has 2 unspecified atom stereocenters. The first-order valence-corrected chi connectivity index (χ1v) is 6.10. The number of piperidine rings is 1. The minimum absolute atomic E-state index is 0.106. The Bertz CT molecular complexity index is 347. The summed E-state index contributed by atoms with van der Waals surface area (Å²) in [4.78, 5) is 0. The van der Waals surface area contributed by atoms with Crippen molar-refractivity contribution in [2.45, 2.75) is 25.4 Å². The second-order valence-corrected chi connectivity index (χ2v) is 5.21. The van der Waals surface area contributed by atoms with Crippen molar-refractivity contribution < 1.29 is 4.39 Å². The maximum absolute atomic E-state index is 14.2. The zero-order valence-corrected chi connectivity index (χ0v) is 10.2. The average molecular weight is 242 g/mol. The molecule has 1 N–H and O–H groups in total. The van der Waals surface area contributed by atoms with Crippen LogP contribution in [0.15, 0.2) is 24.3 Å². The first-order chi connectivity index (χ1) is 7.58. The number of nitrogens with one attached hydrogen (secondary N) is 1. The van der Waals surface area contributed by atoms with Crippen LogP contribution in [0.25, 0.3) is 0 Å². The van der Waals surface area contributed by atoms with Gasteiger partial charge in [-0.05, 0) is 49.9 Å². The highest BCUT2D eigenvalue weighted by Gasteiger charge is 2.36. The summed E-state index contributed by atoms with van der Waals surface area (Å²) >= 11 is 5.83. The van der Waals surface area contributed by atoms with Crippen LogP contribution in [0.1, 0.15) is 18.9 Å². The average Bonchev–Trinajstić information content (AvgIpc) is 2.24. The predicted octanol–water partition coefficient (Wildman–Crippen LogP) is 3.22. The molecule has 2 atom stereocenters. The molecule has 0 radical (unpaired) electrons. The molecule has 0 bridgehead atoms. The van der Waals surface area contributed by atoms with E-state index in [0.29, 0.717) is 6.54 Å². The fourth-order valence-corrected chi connectivity index (χ4v) is 2.40. The minimum Gasteiger partial charge on any atom is -0.314 e. The molecule has 88 valence electrons. The van der Waals surface area contributed by atoms with Crippen LogP contribution in [-0.4, -0.2) is 18.8 Å². The fourth-order valence-electron chi connectivity index (χ4n) is 2.27. The van der Waals surface area contributed by atoms with Gasteiger partial charge in [0.25, 0.3) is 0 Å². The highest BCUT2D eigenvalue weighted by atomic mass is 35.5. The summed E-state index contributed by atoms with van der Waals surface area (Å²) in [6.45, 7) is 3.07. The first kappa shape index (κ1) is 11.9. The molecule has 1 saturated heterocycles. The van der Waals surface area contributed by atoms with Gasteiger partial charge in [-0.3, -0.25) is 0 Å². The van der Waals surface area contributed by atoms with Crippen molar-refractivity contribution in [3.8, 4) is 0 Å². The molecule has 0 saturated carbocycles. The summed E-state index contributed by atoms with van der Waals surface area (Å²) in [5, 5.41) is 3.84. The van der Waals surface area contributed by atoms with Crippen molar-refractivity contribution >= 4 is 11.6 Å². The topological polar surface area (TPSA) is 12.0 Å². The van der Waals surface area contributed by atoms with E-state index in [2.05, 4.69) is 5.32 Å². The SMILES string of the molecule is CC1(F)CNCCC1Cc1ccc(Cl)cc1. The smallest absolute Gasteiger partial charge is 0.123 e. The molecule has 1 aromatic carbocycles. The zero-order valence-electron chi connectivity index (χ0n) is 9.47. The second-order valence-electron chi connectivity index (χ2n) is 4.77. The number of benzene rings is 1. The Kier molecular flexibility index (Phi) is 3.50. The lowest BCUT2D eigenvalue weighted by molar-refractivity contribution is 0.0712. The molecule has 1 fully saturated rings. The molecule has 1 nitrogen and oxygen atoms in total. The lowest BCUT2D eigenvalue weighted by Gasteiger charge is -2.35. The van der Waals surface area contributed by atoms with Crippen LogP contribution in [0.2, 0.25) is 5.02 Å². The molecular weight excluding hydrogens is 225 g/mol. The van der Waals surface area contributed by atoms with E-state index < -0.39 is 5.67 Å². The molecule has 0 aromatic heterocycles. The van der Waals surface area contributed by atoms with E-state index in [1.807, 2.05) is 24.3 Å². The second kappa shape index (κ2) is 4.72. The van der Waals surface area contributed by atoms with E-state index in [-0.39, 0.29) is 5.92 Å². The Morgan fingerprint density at radius 3 is 2.75 bits per heavy atom. The van der Waals surface area contributed by atoms with Crippen molar-refractivity contribution in [1.29, 1.82) is 0 Å². The third-order valence-electron chi connectivity index (χ3n) is 3.39. The maximum Gasteiger partial charge on any atom is 0.123 e. The summed E-state index contributed by atoms with van der Waals surface area (Å²) in [6, 6.07) is 7.71. The van der Waals surface area contributed by atoms with E-state index in [4.69, 9.17) is 11.6 Å². The van der Waals surface area contributed by atoms with Gasteiger partial charge in [-0.1, -0.05) is 23.7 Å². The third-order valence-corrected chi connectivity index (χ3v) is 3.64. The molecule has 1 heterocycles. The van der Waals surface area contributed by atoms with Crippen LogP contribution < -0.4 is 5.32 Å². The normalized spacial score (nSPS) is 30.3. The molecule has 0 aliphatic carbocycles. The highest BCUT2D eigenvalue weighted by molar-refractivity contribution is 6.30. The van der Waals surface area contributed by atoms with Crippen LogP contribution in [0.3, 0.4) is 0 Å². The summed E-state index contributed by atoms with van der Waals surface area (Å²) in [6.07, 6.45) is 1.70.